The highest BCUT2D eigenvalue weighted by atomic mass is 15.1. The summed E-state index contributed by atoms with van der Waals surface area (Å²) in [6.45, 7) is 17.9. The minimum atomic E-state index is 1.00. The molecule has 0 unspecified atom stereocenters. The Kier molecular flexibility index (Phi) is 10.9. The number of hydrogen-bond donors (Lipinski definition) is 2. The molecule has 0 saturated heterocycles. The van der Waals surface area contributed by atoms with Crippen LogP contribution in [-0.2, 0) is 0 Å². The van der Waals surface area contributed by atoms with E-state index < -0.39 is 0 Å². The maximum atomic E-state index is 4.99. The van der Waals surface area contributed by atoms with E-state index in [0.717, 1.165) is 61.7 Å². The largest absolute Gasteiger partial charge is 0.385 e. The molecule has 0 aliphatic carbocycles. The van der Waals surface area contributed by atoms with Crippen LogP contribution in [0.1, 0.15) is 53.4 Å². The van der Waals surface area contributed by atoms with E-state index in [2.05, 4.69) is 90.6 Å². The molecule has 0 fully saturated rings. The van der Waals surface area contributed by atoms with Crippen molar-refractivity contribution < 1.29 is 0 Å². The van der Waals surface area contributed by atoms with E-state index in [1.807, 2.05) is 0 Å². The Morgan fingerprint density at radius 2 is 1.03 bits per heavy atom. The molecule has 0 aliphatic heterocycles. The number of unbranched alkanes of at least 4 members (excludes halogenated alkanes) is 2. The average Bonchev–Trinajstić information content (AvgIpc) is 2.87. The Bertz CT molecular complexity index is 917. The third kappa shape index (κ3) is 7.85. The fourth-order valence-corrected chi connectivity index (χ4v) is 4.51. The van der Waals surface area contributed by atoms with E-state index in [4.69, 9.17) is 4.98 Å². The number of aromatic nitrogens is 1. The molecule has 0 saturated carbocycles. The van der Waals surface area contributed by atoms with E-state index in [0.29, 0.717) is 0 Å². The molecule has 0 radical (unpaired) electrons. The molecule has 0 amide bonds. The first-order chi connectivity index (χ1) is 16.7. The first-order valence-electron chi connectivity index (χ1n) is 13.4. The van der Waals surface area contributed by atoms with Crippen LogP contribution >= 0.6 is 0 Å². The van der Waals surface area contributed by atoms with Gasteiger partial charge in [0.1, 0.15) is 0 Å². The van der Waals surface area contributed by atoms with Gasteiger partial charge in [0.2, 0.25) is 0 Å². The van der Waals surface area contributed by atoms with Gasteiger partial charge in [-0.3, -0.25) is 0 Å². The lowest BCUT2D eigenvalue weighted by Crippen LogP contribution is -2.24. The summed E-state index contributed by atoms with van der Waals surface area (Å²) in [6.07, 6.45) is 4.83. The van der Waals surface area contributed by atoms with Gasteiger partial charge in [0.15, 0.2) is 0 Å². The lowest BCUT2D eigenvalue weighted by atomic mass is 10.1. The van der Waals surface area contributed by atoms with Gasteiger partial charge in [-0.25, -0.2) is 4.98 Å². The Hall–Kier alpha value is -2.37. The second kappa shape index (κ2) is 14.1. The molecule has 2 N–H and O–H groups in total. The van der Waals surface area contributed by atoms with Gasteiger partial charge in [0.25, 0.3) is 0 Å². The van der Waals surface area contributed by atoms with Crippen LogP contribution in [0.4, 0.5) is 11.4 Å². The number of nitrogens with one attached hydrogen (secondary N) is 2. The zero-order valence-corrected chi connectivity index (χ0v) is 21.9. The molecule has 0 spiro atoms. The fourth-order valence-electron chi connectivity index (χ4n) is 4.51. The predicted molar refractivity (Wildman–Crippen MR) is 150 cm³/mol. The smallest absolute Gasteiger partial charge is 0.0730 e. The zero-order valence-electron chi connectivity index (χ0n) is 21.9. The van der Waals surface area contributed by atoms with Crippen molar-refractivity contribution >= 4 is 33.2 Å². The van der Waals surface area contributed by atoms with Gasteiger partial charge in [-0.15, -0.1) is 0 Å². The predicted octanol–water partition coefficient (Wildman–Crippen LogP) is 6.46. The van der Waals surface area contributed by atoms with Crippen LogP contribution in [0.15, 0.2) is 42.5 Å². The molecule has 0 atom stereocenters. The van der Waals surface area contributed by atoms with Crippen molar-refractivity contribution in [2.75, 3.05) is 63.0 Å². The first-order valence-corrected chi connectivity index (χ1v) is 13.4. The van der Waals surface area contributed by atoms with Gasteiger partial charge >= 0.3 is 0 Å². The number of fused-ring (bicyclic) bond motifs is 2. The second-order valence-corrected chi connectivity index (χ2v) is 9.12. The van der Waals surface area contributed by atoms with Gasteiger partial charge in [-0.1, -0.05) is 39.8 Å². The molecule has 2 aromatic carbocycles. The molecule has 0 aliphatic rings. The number of pyridine rings is 1. The van der Waals surface area contributed by atoms with Gasteiger partial charge in [0, 0.05) is 35.2 Å². The summed E-state index contributed by atoms with van der Waals surface area (Å²) in [5, 5.41) is 9.56. The second-order valence-electron chi connectivity index (χ2n) is 9.12. The van der Waals surface area contributed by atoms with Crippen molar-refractivity contribution in [1.29, 1.82) is 0 Å². The molecule has 1 aromatic heterocycles. The van der Waals surface area contributed by atoms with Crippen molar-refractivity contribution in [3.63, 3.8) is 0 Å². The summed E-state index contributed by atoms with van der Waals surface area (Å²) in [7, 11) is 0. The van der Waals surface area contributed by atoms with Crippen LogP contribution in [0.2, 0.25) is 0 Å². The molecule has 5 nitrogen and oxygen atoms in total. The van der Waals surface area contributed by atoms with E-state index in [1.165, 1.54) is 49.5 Å². The Balaban J connectivity index is 1.54. The van der Waals surface area contributed by atoms with Crippen LogP contribution in [0, 0.1) is 0 Å². The normalized spacial score (nSPS) is 11.7. The van der Waals surface area contributed by atoms with Crippen LogP contribution in [0.25, 0.3) is 21.8 Å². The van der Waals surface area contributed by atoms with Crippen molar-refractivity contribution in [2.24, 2.45) is 0 Å². The molecule has 186 valence electrons. The Labute approximate surface area is 206 Å². The lowest BCUT2D eigenvalue weighted by Gasteiger charge is -2.17. The van der Waals surface area contributed by atoms with Gasteiger partial charge in [-0.05, 0) is 95.3 Å². The number of nitrogens with zero attached hydrogens (tertiary/aromatic N) is 3. The number of benzene rings is 2. The van der Waals surface area contributed by atoms with E-state index in [1.54, 1.807) is 0 Å². The summed E-state index contributed by atoms with van der Waals surface area (Å²) in [5.74, 6) is 0. The van der Waals surface area contributed by atoms with Gasteiger partial charge < -0.3 is 20.4 Å². The summed E-state index contributed by atoms with van der Waals surface area (Å²) < 4.78 is 0. The van der Waals surface area contributed by atoms with Crippen LogP contribution in [0.3, 0.4) is 0 Å². The van der Waals surface area contributed by atoms with Crippen molar-refractivity contribution in [2.45, 2.75) is 53.4 Å². The SMILES string of the molecule is CCN(CC)CCCCNc1ccc2cc3ccc(NCCCCN(CC)CC)cc3nc2c1. The van der Waals surface area contributed by atoms with Crippen LogP contribution < -0.4 is 10.6 Å². The zero-order chi connectivity index (χ0) is 24.2. The summed E-state index contributed by atoms with van der Waals surface area (Å²) in [6, 6.07) is 15.3. The van der Waals surface area contributed by atoms with E-state index >= 15 is 0 Å². The molecular weight excluding hydrogens is 418 g/mol. The highest BCUT2D eigenvalue weighted by Gasteiger charge is 2.04. The maximum Gasteiger partial charge on any atom is 0.0730 e. The Morgan fingerprint density at radius 3 is 1.44 bits per heavy atom. The Morgan fingerprint density at radius 1 is 0.588 bits per heavy atom. The summed E-state index contributed by atoms with van der Waals surface area (Å²) in [5.41, 5.74) is 4.42. The molecular formula is C29H45N5. The third-order valence-electron chi connectivity index (χ3n) is 6.86. The van der Waals surface area contributed by atoms with E-state index in [-0.39, 0.29) is 0 Å². The summed E-state index contributed by atoms with van der Waals surface area (Å²) in [4.78, 5) is 9.96. The fraction of sp³-hybridized carbons (Fsp3) is 0.552. The molecule has 1 heterocycles. The van der Waals surface area contributed by atoms with Crippen LogP contribution in [-0.4, -0.2) is 67.1 Å². The molecule has 34 heavy (non-hydrogen) atoms. The number of hydrogen-bond acceptors (Lipinski definition) is 5. The minimum Gasteiger partial charge on any atom is -0.385 e. The van der Waals surface area contributed by atoms with Gasteiger partial charge in [-0.2, -0.15) is 0 Å². The monoisotopic (exact) mass is 463 g/mol. The standard InChI is InChI=1S/C29H45N5/c1-5-33(6-2)19-11-9-17-30-26-15-13-24-21-25-14-16-27(23-29(25)32-28(24)22-26)31-18-10-12-20-34(7-3)8-4/h13-16,21-23,30-31H,5-12,17-20H2,1-4H3. The first kappa shape index (κ1) is 26.2. The average molecular weight is 464 g/mol. The summed E-state index contributed by atoms with van der Waals surface area (Å²) >= 11 is 0. The maximum absolute atomic E-state index is 4.99. The highest BCUT2D eigenvalue weighted by molar-refractivity contribution is 5.95. The quantitative estimate of drug-likeness (QED) is 0.189. The third-order valence-corrected chi connectivity index (χ3v) is 6.86. The van der Waals surface area contributed by atoms with Crippen molar-refractivity contribution in [1.82, 2.24) is 14.8 Å². The van der Waals surface area contributed by atoms with Gasteiger partial charge in [0.05, 0.1) is 11.0 Å². The van der Waals surface area contributed by atoms with Crippen molar-refractivity contribution in [3.05, 3.63) is 42.5 Å². The van der Waals surface area contributed by atoms with E-state index in [9.17, 15) is 0 Å². The highest BCUT2D eigenvalue weighted by Crippen LogP contribution is 2.25. The van der Waals surface area contributed by atoms with Crippen molar-refractivity contribution in [3.8, 4) is 0 Å². The molecule has 3 aromatic rings. The number of anilines is 2. The molecule has 5 heteroatoms. The molecule has 3 rings (SSSR count). The minimum absolute atomic E-state index is 1.00. The molecule has 0 bridgehead atoms. The lowest BCUT2D eigenvalue weighted by molar-refractivity contribution is 0.298. The van der Waals surface area contributed by atoms with Crippen LogP contribution in [0.5, 0.6) is 0 Å². The topological polar surface area (TPSA) is 43.4 Å². The number of rotatable bonds is 16.